The van der Waals surface area contributed by atoms with Crippen LogP contribution in [-0.4, -0.2) is 43.8 Å². The molecule has 0 aromatic carbocycles. The molecule has 2 aromatic rings. The average molecular weight is 349 g/mol. The molecule has 8 nitrogen and oxygen atoms in total. The zero-order chi connectivity index (χ0) is 18.4. The molecule has 25 heavy (non-hydrogen) atoms. The summed E-state index contributed by atoms with van der Waals surface area (Å²) in [6.45, 7) is 1.98. The summed E-state index contributed by atoms with van der Waals surface area (Å²) in [4.78, 5) is 42.0. The number of aromatic nitrogens is 3. The third-order valence-corrected chi connectivity index (χ3v) is 4.48. The number of nitrogens with one attached hydrogen (secondary N) is 1. The Kier molecular flexibility index (Phi) is 4.09. The van der Waals surface area contributed by atoms with Crippen LogP contribution in [0.3, 0.4) is 0 Å². The smallest absolute Gasteiger partial charge is 0.321 e. The van der Waals surface area contributed by atoms with Crippen molar-refractivity contribution in [1.82, 2.24) is 19.0 Å². The lowest BCUT2D eigenvalue weighted by Gasteiger charge is -2.35. The molecule has 1 atom stereocenters. The Morgan fingerprint density at radius 1 is 1.32 bits per heavy atom. The highest BCUT2D eigenvalue weighted by atomic mass is 19.1. The molecule has 0 radical (unpaired) electrons. The summed E-state index contributed by atoms with van der Waals surface area (Å²) in [6.07, 6.45) is 2.40. The number of carbonyl (C=O) groups excluding carboxylic acids is 1. The third-order valence-electron chi connectivity index (χ3n) is 4.48. The Morgan fingerprint density at radius 3 is 2.72 bits per heavy atom. The number of aryl methyl sites for hydroxylation is 1. The number of hydrogen-bond donors (Lipinski definition) is 1. The van der Waals surface area contributed by atoms with Crippen molar-refractivity contribution >= 4 is 22.8 Å². The minimum absolute atomic E-state index is 0.0239. The van der Waals surface area contributed by atoms with Gasteiger partial charge < -0.3 is 10.2 Å². The second-order valence-corrected chi connectivity index (χ2v) is 6.67. The first-order valence-electron chi connectivity index (χ1n) is 8.00. The van der Waals surface area contributed by atoms with E-state index in [0.29, 0.717) is 25.1 Å². The normalized spacial score (nSPS) is 20.7. The molecule has 2 amide bonds. The van der Waals surface area contributed by atoms with Crippen molar-refractivity contribution in [3.05, 3.63) is 33.1 Å². The molecule has 0 bridgehead atoms. The van der Waals surface area contributed by atoms with Crippen LogP contribution in [0.2, 0.25) is 0 Å². The van der Waals surface area contributed by atoms with Crippen molar-refractivity contribution in [3.8, 4) is 0 Å². The number of anilines is 1. The van der Waals surface area contributed by atoms with Crippen LogP contribution in [0, 0.1) is 0 Å². The highest BCUT2D eigenvalue weighted by Gasteiger charge is 2.32. The minimum atomic E-state index is -1.40. The van der Waals surface area contributed by atoms with Gasteiger partial charge in [0.25, 0.3) is 5.56 Å². The quantitative estimate of drug-likeness (QED) is 0.831. The Balaban J connectivity index is 1.91. The summed E-state index contributed by atoms with van der Waals surface area (Å²) in [5.74, 6) is 0. The standard InChI is InChI=1S/C16H20FN5O3/c1-16(17)5-4-6-22(9-16)14(24)19-10-7-11-12(18-8-10)20(2)15(25)21(3)13(11)23/h7-8H,4-6,9H2,1-3H3,(H,19,24). The lowest BCUT2D eigenvalue weighted by molar-refractivity contribution is 0.0808. The molecule has 1 aliphatic rings. The molecule has 9 heteroatoms. The lowest BCUT2D eigenvalue weighted by Crippen LogP contribution is -2.48. The van der Waals surface area contributed by atoms with E-state index < -0.39 is 22.9 Å². The highest BCUT2D eigenvalue weighted by Crippen LogP contribution is 2.25. The molecule has 134 valence electrons. The SMILES string of the molecule is Cn1c(=O)c2cc(NC(=O)N3CCCC(C)(F)C3)cnc2n(C)c1=O. The van der Waals surface area contributed by atoms with Crippen molar-refractivity contribution in [2.75, 3.05) is 18.4 Å². The number of hydrogen-bond acceptors (Lipinski definition) is 4. The third kappa shape index (κ3) is 3.13. The average Bonchev–Trinajstić information content (AvgIpc) is 2.57. The maximum absolute atomic E-state index is 14.1. The number of carbonyl (C=O) groups is 1. The summed E-state index contributed by atoms with van der Waals surface area (Å²) in [5, 5.41) is 2.86. The van der Waals surface area contributed by atoms with E-state index in [2.05, 4.69) is 10.3 Å². The number of piperidine rings is 1. The molecule has 3 rings (SSSR count). The maximum Gasteiger partial charge on any atom is 0.332 e. The van der Waals surface area contributed by atoms with Gasteiger partial charge in [0.2, 0.25) is 0 Å². The van der Waals surface area contributed by atoms with E-state index in [9.17, 15) is 18.8 Å². The van der Waals surface area contributed by atoms with E-state index in [0.717, 1.165) is 4.57 Å². The largest absolute Gasteiger partial charge is 0.332 e. The van der Waals surface area contributed by atoms with Gasteiger partial charge in [-0.3, -0.25) is 13.9 Å². The Morgan fingerprint density at radius 2 is 2.04 bits per heavy atom. The van der Waals surface area contributed by atoms with Crippen LogP contribution in [0.4, 0.5) is 14.9 Å². The van der Waals surface area contributed by atoms with E-state index in [1.165, 1.54) is 42.7 Å². The van der Waals surface area contributed by atoms with Crippen molar-refractivity contribution in [3.63, 3.8) is 0 Å². The predicted octanol–water partition coefficient (Wildman–Crippen LogP) is 0.988. The van der Waals surface area contributed by atoms with Gasteiger partial charge in [-0.25, -0.2) is 19.0 Å². The molecular weight excluding hydrogens is 329 g/mol. The van der Waals surface area contributed by atoms with Crippen LogP contribution in [-0.2, 0) is 14.1 Å². The molecule has 1 saturated heterocycles. The number of urea groups is 1. The highest BCUT2D eigenvalue weighted by molar-refractivity contribution is 5.91. The second kappa shape index (κ2) is 5.98. The zero-order valence-corrected chi connectivity index (χ0v) is 14.4. The van der Waals surface area contributed by atoms with Crippen LogP contribution < -0.4 is 16.6 Å². The second-order valence-electron chi connectivity index (χ2n) is 6.67. The number of alkyl halides is 1. The zero-order valence-electron chi connectivity index (χ0n) is 14.4. The molecule has 1 fully saturated rings. The molecule has 1 aliphatic heterocycles. The fourth-order valence-corrected chi connectivity index (χ4v) is 3.10. The summed E-state index contributed by atoms with van der Waals surface area (Å²) < 4.78 is 16.3. The van der Waals surface area contributed by atoms with Gasteiger partial charge in [-0.1, -0.05) is 0 Å². The molecule has 1 unspecified atom stereocenters. The molecule has 0 saturated carbocycles. The van der Waals surface area contributed by atoms with Gasteiger partial charge in [-0.2, -0.15) is 0 Å². The maximum atomic E-state index is 14.1. The van der Waals surface area contributed by atoms with Crippen molar-refractivity contribution in [2.24, 2.45) is 14.1 Å². The first-order chi connectivity index (χ1) is 11.7. The molecule has 2 aromatic heterocycles. The molecule has 3 heterocycles. The van der Waals surface area contributed by atoms with Gasteiger partial charge in [0.1, 0.15) is 11.3 Å². The Bertz CT molecular complexity index is 963. The first-order valence-corrected chi connectivity index (χ1v) is 8.00. The van der Waals surface area contributed by atoms with Crippen LogP contribution >= 0.6 is 0 Å². The summed E-state index contributed by atoms with van der Waals surface area (Å²) >= 11 is 0. The fraction of sp³-hybridized carbons (Fsp3) is 0.500. The van der Waals surface area contributed by atoms with Crippen LogP contribution in [0.15, 0.2) is 21.9 Å². The van der Waals surface area contributed by atoms with Crippen molar-refractivity contribution < 1.29 is 9.18 Å². The predicted molar refractivity (Wildman–Crippen MR) is 91.6 cm³/mol. The molecule has 0 aliphatic carbocycles. The Labute approximate surface area is 142 Å². The van der Waals surface area contributed by atoms with Gasteiger partial charge in [0.15, 0.2) is 0 Å². The number of halogens is 1. The Hall–Kier alpha value is -2.71. The van der Waals surface area contributed by atoms with E-state index in [1.54, 1.807) is 0 Å². The van der Waals surface area contributed by atoms with Crippen molar-refractivity contribution in [2.45, 2.75) is 25.4 Å². The van der Waals surface area contributed by atoms with E-state index in [4.69, 9.17) is 0 Å². The number of pyridine rings is 1. The number of nitrogens with zero attached hydrogens (tertiary/aromatic N) is 4. The van der Waals surface area contributed by atoms with Crippen molar-refractivity contribution in [1.29, 1.82) is 0 Å². The fourth-order valence-electron chi connectivity index (χ4n) is 3.10. The van der Waals surface area contributed by atoms with E-state index in [-0.39, 0.29) is 17.6 Å². The van der Waals surface area contributed by atoms with Gasteiger partial charge in [-0.05, 0) is 25.8 Å². The van der Waals surface area contributed by atoms with Gasteiger partial charge in [0.05, 0.1) is 23.8 Å². The summed E-state index contributed by atoms with van der Waals surface area (Å²) in [6, 6.07) is 1.03. The van der Waals surface area contributed by atoms with Gasteiger partial charge in [-0.15, -0.1) is 0 Å². The number of fused-ring (bicyclic) bond motifs is 1. The monoisotopic (exact) mass is 349 g/mol. The van der Waals surface area contributed by atoms with Crippen LogP contribution in [0.1, 0.15) is 19.8 Å². The minimum Gasteiger partial charge on any atom is -0.321 e. The number of amides is 2. The molecule has 0 spiro atoms. The van der Waals surface area contributed by atoms with E-state index >= 15 is 0 Å². The lowest BCUT2D eigenvalue weighted by atomic mass is 9.97. The number of likely N-dealkylation sites (tertiary alicyclic amines) is 1. The molecular formula is C16H20FN5O3. The topological polar surface area (TPSA) is 89.2 Å². The van der Waals surface area contributed by atoms with E-state index in [1.807, 2.05) is 0 Å². The first kappa shape index (κ1) is 17.1. The van der Waals surface area contributed by atoms with Crippen LogP contribution in [0.25, 0.3) is 11.0 Å². The van der Waals surface area contributed by atoms with Gasteiger partial charge >= 0.3 is 11.7 Å². The number of rotatable bonds is 1. The molecule has 1 N–H and O–H groups in total. The summed E-state index contributed by atoms with van der Waals surface area (Å²) in [7, 11) is 2.90. The van der Waals surface area contributed by atoms with Gasteiger partial charge in [0, 0.05) is 20.6 Å². The summed E-state index contributed by atoms with van der Waals surface area (Å²) in [5.41, 5.74) is -1.81. The van der Waals surface area contributed by atoms with Crippen LogP contribution in [0.5, 0.6) is 0 Å².